The van der Waals surface area contributed by atoms with E-state index >= 15 is 0 Å². The van der Waals surface area contributed by atoms with Gasteiger partial charge >= 0.3 is 0 Å². The van der Waals surface area contributed by atoms with Crippen LogP contribution in [-0.4, -0.2) is 37.8 Å². The Morgan fingerprint density at radius 2 is 1.95 bits per heavy atom. The first-order valence-electron chi connectivity index (χ1n) is 7.92. The number of hydrogen-bond acceptors (Lipinski definition) is 4. The van der Waals surface area contributed by atoms with Crippen LogP contribution in [0.5, 0.6) is 0 Å². The zero-order valence-corrected chi connectivity index (χ0v) is 13.4. The summed E-state index contributed by atoms with van der Waals surface area (Å²) in [5.74, 6) is 0.259. The molecule has 0 radical (unpaired) electrons. The van der Waals surface area contributed by atoms with Gasteiger partial charge in [-0.1, -0.05) is 12.8 Å². The van der Waals surface area contributed by atoms with E-state index in [1.165, 1.54) is 12.3 Å². The highest BCUT2D eigenvalue weighted by Crippen LogP contribution is 2.24. The van der Waals surface area contributed by atoms with Gasteiger partial charge in [0.1, 0.15) is 11.6 Å². The minimum absolute atomic E-state index is 0.101. The molecule has 1 aliphatic heterocycles. The lowest BCUT2D eigenvalue weighted by Gasteiger charge is -2.33. The van der Waals surface area contributed by atoms with Gasteiger partial charge in [-0.2, -0.15) is 0 Å². The van der Waals surface area contributed by atoms with Crippen molar-refractivity contribution in [3.8, 4) is 0 Å². The molecule has 0 spiro atoms. The Hall–Kier alpha value is -1.21. The third-order valence-electron chi connectivity index (χ3n) is 4.54. The van der Waals surface area contributed by atoms with E-state index in [9.17, 15) is 12.8 Å². The van der Waals surface area contributed by atoms with E-state index in [1.807, 2.05) is 4.90 Å². The van der Waals surface area contributed by atoms with Gasteiger partial charge in [-0.05, 0) is 37.8 Å². The van der Waals surface area contributed by atoms with Crippen molar-refractivity contribution in [1.29, 1.82) is 0 Å². The van der Waals surface area contributed by atoms with Crippen LogP contribution in [0.25, 0.3) is 0 Å². The highest BCUT2D eigenvalue weighted by atomic mass is 32.2. The summed E-state index contributed by atoms with van der Waals surface area (Å²) in [5.41, 5.74) is 0. The summed E-state index contributed by atoms with van der Waals surface area (Å²) in [5, 5.41) is -0.422. The fraction of sp³-hybridized carbons (Fsp3) is 0.667. The third-order valence-corrected chi connectivity index (χ3v) is 6.46. The predicted octanol–water partition coefficient (Wildman–Crippen LogP) is 2.05. The van der Waals surface area contributed by atoms with Gasteiger partial charge in [-0.15, -0.1) is 0 Å². The van der Waals surface area contributed by atoms with Gasteiger partial charge in [0.2, 0.25) is 10.0 Å². The molecule has 0 amide bonds. The Morgan fingerprint density at radius 3 is 2.64 bits per heavy atom. The summed E-state index contributed by atoms with van der Waals surface area (Å²) in [4.78, 5) is 5.99. The molecule has 2 heterocycles. The summed E-state index contributed by atoms with van der Waals surface area (Å²) in [6.45, 7) is 1.18. The number of pyridine rings is 1. The van der Waals surface area contributed by atoms with Crippen LogP contribution >= 0.6 is 0 Å². The molecule has 2 fully saturated rings. The molecule has 0 aromatic carbocycles. The number of hydrogen-bond donors (Lipinski definition) is 1. The van der Waals surface area contributed by atoms with Crippen molar-refractivity contribution in [2.24, 2.45) is 0 Å². The molecule has 1 N–H and O–H groups in total. The van der Waals surface area contributed by atoms with Crippen molar-refractivity contribution < 1.29 is 12.8 Å². The second-order valence-corrected chi connectivity index (χ2v) is 8.18. The molecule has 5 nitrogen and oxygen atoms in total. The number of halogens is 1. The lowest BCUT2D eigenvalue weighted by Crippen LogP contribution is -2.48. The second kappa shape index (κ2) is 6.50. The van der Waals surface area contributed by atoms with E-state index in [-0.39, 0.29) is 11.9 Å². The number of sulfonamides is 1. The molecule has 3 rings (SSSR count). The summed E-state index contributed by atoms with van der Waals surface area (Å²) in [6.07, 6.45) is 6.72. The molecule has 122 valence electrons. The minimum Gasteiger partial charge on any atom is -0.355 e. The van der Waals surface area contributed by atoms with Gasteiger partial charge in [0, 0.05) is 19.1 Å². The fourth-order valence-electron chi connectivity index (χ4n) is 3.33. The Morgan fingerprint density at radius 1 is 1.18 bits per heavy atom. The third kappa shape index (κ3) is 3.57. The molecule has 0 bridgehead atoms. The molecule has 1 saturated heterocycles. The second-order valence-electron chi connectivity index (χ2n) is 6.19. The summed E-state index contributed by atoms with van der Waals surface area (Å²) < 4.78 is 40.9. The SMILES string of the molecule is O=S(=O)(NC1CCCC1)[C@@H]1CCCN(c2ccc(F)cn2)C1. The van der Waals surface area contributed by atoms with Crippen molar-refractivity contribution in [1.82, 2.24) is 9.71 Å². The van der Waals surface area contributed by atoms with E-state index in [4.69, 9.17) is 0 Å². The average Bonchev–Trinajstić information content (AvgIpc) is 3.00. The molecule has 1 saturated carbocycles. The molecule has 1 aliphatic carbocycles. The number of anilines is 1. The Balaban J connectivity index is 1.67. The lowest BCUT2D eigenvalue weighted by atomic mass is 10.1. The summed E-state index contributed by atoms with van der Waals surface area (Å²) in [7, 11) is -3.31. The van der Waals surface area contributed by atoms with Gasteiger partial charge in [0.25, 0.3) is 0 Å². The van der Waals surface area contributed by atoms with Crippen molar-refractivity contribution in [3.05, 3.63) is 24.1 Å². The van der Waals surface area contributed by atoms with Crippen LogP contribution in [0.4, 0.5) is 10.2 Å². The van der Waals surface area contributed by atoms with Gasteiger partial charge < -0.3 is 4.90 Å². The lowest BCUT2D eigenvalue weighted by molar-refractivity contribution is 0.504. The first-order chi connectivity index (χ1) is 10.5. The number of piperidine rings is 1. The number of aromatic nitrogens is 1. The normalized spacial score (nSPS) is 23.9. The monoisotopic (exact) mass is 327 g/mol. The molecule has 1 atom stereocenters. The zero-order valence-electron chi connectivity index (χ0n) is 12.5. The first kappa shape index (κ1) is 15.7. The van der Waals surface area contributed by atoms with E-state index < -0.39 is 15.3 Å². The molecular weight excluding hydrogens is 305 g/mol. The maximum Gasteiger partial charge on any atom is 0.216 e. The van der Waals surface area contributed by atoms with Crippen LogP contribution in [0.1, 0.15) is 38.5 Å². The Labute approximate surface area is 131 Å². The van der Waals surface area contributed by atoms with E-state index in [1.54, 1.807) is 6.07 Å². The topological polar surface area (TPSA) is 62.3 Å². The van der Waals surface area contributed by atoms with E-state index in [2.05, 4.69) is 9.71 Å². The predicted molar refractivity (Wildman–Crippen MR) is 83.7 cm³/mol. The van der Waals surface area contributed by atoms with Crippen LogP contribution in [-0.2, 0) is 10.0 Å². The van der Waals surface area contributed by atoms with Crippen LogP contribution in [0.2, 0.25) is 0 Å². The van der Waals surface area contributed by atoms with Gasteiger partial charge in [-0.3, -0.25) is 0 Å². The van der Waals surface area contributed by atoms with E-state index in [0.717, 1.165) is 38.6 Å². The molecule has 1 aromatic heterocycles. The molecule has 1 aromatic rings. The largest absolute Gasteiger partial charge is 0.355 e. The highest BCUT2D eigenvalue weighted by molar-refractivity contribution is 7.90. The average molecular weight is 327 g/mol. The summed E-state index contributed by atoms with van der Waals surface area (Å²) in [6, 6.07) is 3.07. The molecule has 7 heteroatoms. The van der Waals surface area contributed by atoms with Crippen molar-refractivity contribution in [3.63, 3.8) is 0 Å². The number of rotatable bonds is 4. The first-order valence-corrected chi connectivity index (χ1v) is 9.47. The number of nitrogens with zero attached hydrogens (tertiary/aromatic N) is 2. The molecule has 2 aliphatic rings. The van der Waals surface area contributed by atoms with E-state index in [0.29, 0.717) is 18.8 Å². The maximum atomic E-state index is 13.0. The zero-order chi connectivity index (χ0) is 15.6. The Bertz CT molecular complexity index is 600. The van der Waals surface area contributed by atoms with Crippen molar-refractivity contribution >= 4 is 15.8 Å². The van der Waals surface area contributed by atoms with Crippen LogP contribution in [0.15, 0.2) is 18.3 Å². The van der Waals surface area contributed by atoms with Gasteiger partial charge in [0.15, 0.2) is 0 Å². The fourth-order valence-corrected chi connectivity index (χ4v) is 5.07. The van der Waals surface area contributed by atoms with Crippen LogP contribution < -0.4 is 9.62 Å². The van der Waals surface area contributed by atoms with Crippen LogP contribution in [0, 0.1) is 5.82 Å². The van der Waals surface area contributed by atoms with Gasteiger partial charge in [-0.25, -0.2) is 22.5 Å². The quantitative estimate of drug-likeness (QED) is 0.919. The maximum absolute atomic E-state index is 13.0. The minimum atomic E-state index is -3.31. The van der Waals surface area contributed by atoms with Crippen LogP contribution in [0.3, 0.4) is 0 Å². The van der Waals surface area contributed by atoms with Crippen molar-refractivity contribution in [2.45, 2.75) is 49.8 Å². The molecule has 0 unspecified atom stereocenters. The highest BCUT2D eigenvalue weighted by Gasteiger charge is 2.33. The van der Waals surface area contributed by atoms with Gasteiger partial charge in [0.05, 0.1) is 11.4 Å². The Kier molecular flexibility index (Phi) is 4.63. The van der Waals surface area contributed by atoms with Crippen molar-refractivity contribution in [2.75, 3.05) is 18.0 Å². The number of nitrogens with one attached hydrogen (secondary N) is 1. The standard InChI is InChI=1S/C15H22FN3O2S/c16-12-7-8-15(17-10-12)19-9-3-6-14(11-19)22(20,21)18-13-4-1-2-5-13/h7-8,10,13-14,18H,1-6,9,11H2/t14-/m1/s1. The molecular formula is C15H22FN3O2S. The molecule has 22 heavy (non-hydrogen) atoms. The smallest absolute Gasteiger partial charge is 0.216 e. The summed E-state index contributed by atoms with van der Waals surface area (Å²) >= 11 is 0.